The second-order valence-corrected chi connectivity index (χ2v) is 3.35. The largest absolute Gasteiger partial charge is 0.454 e. The molecule has 0 fully saturated rings. The molecule has 0 amide bonds. The lowest BCUT2D eigenvalue weighted by molar-refractivity contribution is -0.138. The summed E-state index contributed by atoms with van der Waals surface area (Å²) in [6.07, 6.45) is 8.35. The molecule has 1 aliphatic rings. The van der Waals surface area contributed by atoms with Crippen LogP contribution < -0.4 is 0 Å². The number of unbranched alkanes of at least 4 members (excludes halogenated alkanes) is 3. The topological polar surface area (TPSA) is 26.3 Å². The van der Waals surface area contributed by atoms with Crippen LogP contribution in [0.3, 0.4) is 0 Å². The lowest BCUT2D eigenvalue weighted by atomic mass is 10.2. The smallest absolute Gasteiger partial charge is 0.331 e. The van der Waals surface area contributed by atoms with Crippen LogP contribution in [0.15, 0.2) is 12.2 Å². The summed E-state index contributed by atoms with van der Waals surface area (Å²) in [5, 5.41) is 0. The van der Waals surface area contributed by atoms with Gasteiger partial charge in [0.1, 0.15) is 6.10 Å². The van der Waals surface area contributed by atoms with E-state index in [0.29, 0.717) is 6.42 Å². The van der Waals surface area contributed by atoms with Gasteiger partial charge in [0.15, 0.2) is 0 Å². The summed E-state index contributed by atoms with van der Waals surface area (Å²) in [4.78, 5) is 10.7. The highest BCUT2D eigenvalue weighted by Gasteiger charge is 2.14. The number of hydrogen-bond donors (Lipinski definition) is 0. The Kier molecular flexibility index (Phi) is 4.85. The average Bonchev–Trinajstić information content (AvgIpc) is 2.58. The lowest BCUT2D eigenvalue weighted by Gasteiger charge is -2.01. The molecule has 1 aliphatic heterocycles. The Bertz CT molecular complexity index is 268. The third kappa shape index (κ3) is 4.13. The molecular formula is C12H16O2. The summed E-state index contributed by atoms with van der Waals surface area (Å²) < 4.78 is 4.94. The Balaban J connectivity index is 2.08. The van der Waals surface area contributed by atoms with E-state index in [-0.39, 0.29) is 12.1 Å². The summed E-state index contributed by atoms with van der Waals surface area (Å²) >= 11 is 0. The van der Waals surface area contributed by atoms with Crippen molar-refractivity contribution in [1.29, 1.82) is 0 Å². The van der Waals surface area contributed by atoms with Gasteiger partial charge in [-0.3, -0.25) is 0 Å². The van der Waals surface area contributed by atoms with Gasteiger partial charge in [-0.2, -0.15) is 0 Å². The maximum atomic E-state index is 10.7. The zero-order valence-corrected chi connectivity index (χ0v) is 8.58. The molecule has 0 N–H and O–H groups in total. The molecule has 2 heteroatoms. The highest BCUT2D eigenvalue weighted by atomic mass is 16.5. The van der Waals surface area contributed by atoms with Gasteiger partial charge >= 0.3 is 5.97 Å². The molecule has 0 aliphatic carbocycles. The normalized spacial score (nSPS) is 18.9. The minimum Gasteiger partial charge on any atom is -0.454 e. The highest BCUT2D eigenvalue weighted by Crippen LogP contribution is 2.07. The Hall–Kier alpha value is -1.23. The number of ether oxygens (including phenoxy) is 1. The Morgan fingerprint density at radius 3 is 2.93 bits per heavy atom. The molecule has 0 aromatic rings. The monoisotopic (exact) mass is 192 g/mol. The van der Waals surface area contributed by atoms with E-state index in [9.17, 15) is 4.79 Å². The molecule has 14 heavy (non-hydrogen) atoms. The second kappa shape index (κ2) is 6.26. The number of rotatable bonds is 4. The number of esters is 1. The predicted octanol–water partition coefficient (Wildman–Crippen LogP) is 2.44. The molecule has 0 radical (unpaired) electrons. The first-order chi connectivity index (χ1) is 6.83. The third-order valence-corrected chi connectivity index (χ3v) is 2.05. The lowest BCUT2D eigenvalue weighted by Crippen LogP contribution is -2.05. The summed E-state index contributed by atoms with van der Waals surface area (Å²) in [6.45, 7) is 2.18. The summed E-state index contributed by atoms with van der Waals surface area (Å²) in [7, 11) is 0. The molecule has 0 aromatic carbocycles. The van der Waals surface area contributed by atoms with Crippen molar-refractivity contribution in [3.63, 3.8) is 0 Å². The second-order valence-electron chi connectivity index (χ2n) is 3.35. The first kappa shape index (κ1) is 10.8. The minimum absolute atomic E-state index is 0.110. The van der Waals surface area contributed by atoms with Crippen molar-refractivity contribution >= 4 is 5.97 Å². The van der Waals surface area contributed by atoms with E-state index in [1.54, 1.807) is 6.08 Å². The van der Waals surface area contributed by atoms with Gasteiger partial charge in [-0.15, -0.1) is 5.92 Å². The summed E-state index contributed by atoms with van der Waals surface area (Å²) in [5.41, 5.74) is 0. The van der Waals surface area contributed by atoms with Gasteiger partial charge in [0.25, 0.3) is 0 Å². The Morgan fingerprint density at radius 2 is 2.29 bits per heavy atom. The predicted molar refractivity (Wildman–Crippen MR) is 55.6 cm³/mol. The maximum Gasteiger partial charge on any atom is 0.331 e. The van der Waals surface area contributed by atoms with Gasteiger partial charge in [0, 0.05) is 18.9 Å². The van der Waals surface area contributed by atoms with Crippen LogP contribution in [-0.4, -0.2) is 12.1 Å². The highest BCUT2D eigenvalue weighted by molar-refractivity contribution is 5.84. The zero-order chi connectivity index (χ0) is 10.2. The molecule has 1 rings (SSSR count). The molecule has 2 nitrogen and oxygen atoms in total. The molecule has 76 valence electrons. The van der Waals surface area contributed by atoms with Gasteiger partial charge in [-0.05, 0) is 12.5 Å². The van der Waals surface area contributed by atoms with E-state index in [0.717, 1.165) is 6.42 Å². The standard InChI is InChI=1S/C12H16O2/c1-2-3-4-5-6-7-8-11-9-10-12(13)14-11/h9-11H,2-5,8H2,1H3/t11-/m1/s1. The fraction of sp³-hybridized carbons (Fsp3) is 0.583. The van der Waals surface area contributed by atoms with Crippen molar-refractivity contribution in [1.82, 2.24) is 0 Å². The van der Waals surface area contributed by atoms with Gasteiger partial charge in [0.05, 0.1) is 0 Å². The molecule has 0 aromatic heterocycles. The third-order valence-electron chi connectivity index (χ3n) is 2.05. The van der Waals surface area contributed by atoms with Crippen LogP contribution in [0.4, 0.5) is 0 Å². The van der Waals surface area contributed by atoms with Crippen LogP contribution in [0.2, 0.25) is 0 Å². The van der Waals surface area contributed by atoms with Crippen molar-refractivity contribution in [2.24, 2.45) is 0 Å². The maximum absolute atomic E-state index is 10.7. The first-order valence-electron chi connectivity index (χ1n) is 5.17. The molecular weight excluding hydrogens is 176 g/mol. The van der Waals surface area contributed by atoms with Crippen LogP contribution in [0.25, 0.3) is 0 Å². The molecule has 1 heterocycles. The van der Waals surface area contributed by atoms with Crippen molar-refractivity contribution in [3.05, 3.63) is 12.2 Å². The molecule has 0 spiro atoms. The van der Waals surface area contributed by atoms with E-state index < -0.39 is 0 Å². The fourth-order valence-corrected chi connectivity index (χ4v) is 1.25. The van der Waals surface area contributed by atoms with E-state index in [2.05, 4.69) is 18.8 Å². The van der Waals surface area contributed by atoms with Crippen molar-refractivity contribution in [2.45, 2.75) is 45.1 Å². The van der Waals surface area contributed by atoms with Gasteiger partial charge < -0.3 is 4.74 Å². The number of cyclic esters (lactones) is 1. The minimum atomic E-state index is -0.247. The van der Waals surface area contributed by atoms with Crippen molar-refractivity contribution in [2.75, 3.05) is 0 Å². The van der Waals surface area contributed by atoms with Crippen LogP contribution in [0, 0.1) is 11.8 Å². The van der Waals surface area contributed by atoms with E-state index in [1.807, 2.05) is 0 Å². The van der Waals surface area contributed by atoms with E-state index in [1.165, 1.54) is 25.3 Å². The quantitative estimate of drug-likeness (QED) is 0.388. The first-order valence-corrected chi connectivity index (χ1v) is 5.17. The molecule has 0 saturated carbocycles. The number of hydrogen-bond acceptors (Lipinski definition) is 2. The van der Waals surface area contributed by atoms with Crippen LogP contribution in [0.1, 0.15) is 39.0 Å². The Morgan fingerprint density at radius 1 is 1.43 bits per heavy atom. The van der Waals surface area contributed by atoms with Crippen LogP contribution in [0.5, 0.6) is 0 Å². The number of carbonyl (C=O) groups excluding carboxylic acids is 1. The number of carbonyl (C=O) groups is 1. The van der Waals surface area contributed by atoms with Crippen LogP contribution in [-0.2, 0) is 9.53 Å². The molecule has 1 atom stereocenters. The van der Waals surface area contributed by atoms with Gasteiger partial charge in [-0.1, -0.05) is 25.7 Å². The van der Waals surface area contributed by atoms with E-state index in [4.69, 9.17) is 4.74 Å². The Labute approximate surface area is 85.3 Å². The summed E-state index contributed by atoms with van der Waals surface area (Å²) in [6, 6.07) is 0. The molecule has 0 bridgehead atoms. The van der Waals surface area contributed by atoms with E-state index >= 15 is 0 Å². The van der Waals surface area contributed by atoms with Crippen molar-refractivity contribution in [3.8, 4) is 11.8 Å². The van der Waals surface area contributed by atoms with Gasteiger partial charge in [0.2, 0.25) is 0 Å². The molecule has 0 saturated heterocycles. The van der Waals surface area contributed by atoms with Gasteiger partial charge in [-0.25, -0.2) is 4.79 Å². The molecule has 0 unspecified atom stereocenters. The fourth-order valence-electron chi connectivity index (χ4n) is 1.25. The van der Waals surface area contributed by atoms with Crippen molar-refractivity contribution < 1.29 is 9.53 Å². The van der Waals surface area contributed by atoms with Crippen LogP contribution >= 0.6 is 0 Å². The zero-order valence-electron chi connectivity index (χ0n) is 8.58. The SMILES string of the molecule is CCCCCC#CC[C@@H]1C=CC(=O)O1. The average molecular weight is 192 g/mol. The summed E-state index contributed by atoms with van der Waals surface area (Å²) in [5.74, 6) is 5.87.